The molecule has 18 heavy (non-hydrogen) atoms. The molecule has 0 aromatic carbocycles. The third kappa shape index (κ3) is 5.36. The third-order valence-electron chi connectivity index (χ3n) is 3.73. The summed E-state index contributed by atoms with van der Waals surface area (Å²) in [5.74, 6) is 3.12. The molecule has 0 spiro atoms. The van der Waals surface area contributed by atoms with Gasteiger partial charge in [-0.25, -0.2) is 0 Å². The van der Waals surface area contributed by atoms with Gasteiger partial charge < -0.3 is 4.74 Å². The first-order chi connectivity index (χ1) is 8.52. The molecule has 1 heterocycles. The topological polar surface area (TPSA) is 9.23 Å². The van der Waals surface area contributed by atoms with Crippen molar-refractivity contribution in [2.45, 2.75) is 65.4 Å². The van der Waals surface area contributed by atoms with E-state index in [1.807, 2.05) is 11.8 Å². The van der Waals surface area contributed by atoms with Crippen molar-refractivity contribution in [2.24, 2.45) is 17.8 Å². The van der Waals surface area contributed by atoms with Gasteiger partial charge in [-0.05, 0) is 49.7 Å². The van der Waals surface area contributed by atoms with Crippen LogP contribution in [0.5, 0.6) is 0 Å². The zero-order valence-corrected chi connectivity index (χ0v) is 13.5. The zero-order chi connectivity index (χ0) is 13.5. The third-order valence-corrected chi connectivity index (χ3v) is 4.83. The molecule has 0 saturated heterocycles. The molecule has 0 aromatic heterocycles. The van der Waals surface area contributed by atoms with Gasteiger partial charge >= 0.3 is 0 Å². The van der Waals surface area contributed by atoms with Crippen LogP contribution in [-0.4, -0.2) is 17.3 Å². The summed E-state index contributed by atoms with van der Waals surface area (Å²) < 4.78 is 6.35. The summed E-state index contributed by atoms with van der Waals surface area (Å²) in [6.45, 7) is 11.5. The van der Waals surface area contributed by atoms with Crippen molar-refractivity contribution in [1.29, 1.82) is 0 Å². The van der Waals surface area contributed by atoms with Gasteiger partial charge in [0.15, 0.2) is 0 Å². The summed E-state index contributed by atoms with van der Waals surface area (Å²) in [5, 5.41) is 0. The second-order valence-electron chi connectivity index (χ2n) is 6.04. The molecule has 1 nitrogen and oxygen atoms in total. The first-order valence-corrected chi connectivity index (χ1v) is 8.49. The second-order valence-corrected chi connectivity index (χ2v) is 7.45. The van der Waals surface area contributed by atoms with Crippen LogP contribution in [0.25, 0.3) is 0 Å². The lowest BCUT2D eigenvalue weighted by Gasteiger charge is -2.34. The number of ether oxygens (including phenoxy) is 1. The molecule has 0 aromatic rings. The summed E-state index contributed by atoms with van der Waals surface area (Å²) in [6, 6.07) is 0. The van der Waals surface area contributed by atoms with Crippen LogP contribution < -0.4 is 0 Å². The van der Waals surface area contributed by atoms with Crippen LogP contribution in [0.1, 0.15) is 53.9 Å². The van der Waals surface area contributed by atoms with Gasteiger partial charge in [0.05, 0.1) is 6.10 Å². The van der Waals surface area contributed by atoms with Crippen molar-refractivity contribution in [3.63, 3.8) is 0 Å². The standard InChI is InChI=1S/C16H30OS/c1-12(2)15-10-8-6-7-9-11-18-14(5)17-16(15)13(3)4/h6,8,12-16H,7,9-11H2,1-5H3/b8-6-. The van der Waals surface area contributed by atoms with Gasteiger partial charge in [-0.1, -0.05) is 39.8 Å². The first-order valence-electron chi connectivity index (χ1n) is 7.44. The summed E-state index contributed by atoms with van der Waals surface area (Å²) in [6.07, 6.45) is 8.78. The van der Waals surface area contributed by atoms with Gasteiger partial charge in [0, 0.05) is 0 Å². The van der Waals surface area contributed by atoms with Crippen molar-refractivity contribution in [1.82, 2.24) is 0 Å². The molecule has 3 unspecified atom stereocenters. The molecule has 3 atom stereocenters. The molecule has 0 amide bonds. The van der Waals surface area contributed by atoms with E-state index in [0.29, 0.717) is 29.3 Å². The van der Waals surface area contributed by atoms with Crippen LogP contribution in [-0.2, 0) is 4.74 Å². The average Bonchev–Trinajstić information content (AvgIpc) is 2.33. The Bertz CT molecular complexity index is 247. The van der Waals surface area contributed by atoms with E-state index in [0.717, 1.165) is 6.42 Å². The van der Waals surface area contributed by atoms with Crippen LogP contribution in [0, 0.1) is 17.8 Å². The van der Waals surface area contributed by atoms with Crippen LogP contribution in [0.15, 0.2) is 12.2 Å². The summed E-state index contributed by atoms with van der Waals surface area (Å²) in [4.78, 5) is 0. The van der Waals surface area contributed by atoms with Gasteiger partial charge in [0.25, 0.3) is 0 Å². The second kappa shape index (κ2) is 8.27. The van der Waals surface area contributed by atoms with Gasteiger partial charge in [-0.3, -0.25) is 0 Å². The molecule has 1 aliphatic heterocycles. The summed E-state index contributed by atoms with van der Waals surface area (Å²) >= 11 is 1.96. The summed E-state index contributed by atoms with van der Waals surface area (Å²) in [7, 11) is 0. The fraction of sp³-hybridized carbons (Fsp3) is 0.875. The van der Waals surface area contributed by atoms with E-state index in [4.69, 9.17) is 4.74 Å². The van der Waals surface area contributed by atoms with E-state index in [9.17, 15) is 0 Å². The molecule has 106 valence electrons. The molecule has 1 rings (SSSR count). The molecule has 1 aliphatic rings. The predicted octanol–water partition coefficient (Wildman–Crippen LogP) is 5.12. The molecule has 0 saturated carbocycles. The lowest BCUT2D eigenvalue weighted by atomic mass is 9.82. The minimum atomic E-state index is 0.330. The SMILES string of the molecule is CC1OC(C(C)C)C(C(C)C)C/C=C\CCCS1. The molecular weight excluding hydrogens is 240 g/mol. The number of rotatable bonds is 2. The highest BCUT2D eigenvalue weighted by Crippen LogP contribution is 2.31. The molecule has 0 N–H and O–H groups in total. The van der Waals surface area contributed by atoms with E-state index < -0.39 is 0 Å². The maximum Gasteiger partial charge on any atom is 0.100 e. The Balaban J connectivity index is 2.79. The van der Waals surface area contributed by atoms with Gasteiger partial charge in [0.2, 0.25) is 0 Å². The van der Waals surface area contributed by atoms with Crippen molar-refractivity contribution in [2.75, 3.05) is 5.75 Å². The normalized spacial score (nSPS) is 33.4. The Labute approximate surface area is 118 Å². The van der Waals surface area contributed by atoms with Crippen molar-refractivity contribution < 1.29 is 4.74 Å². The number of thioether (sulfide) groups is 1. The van der Waals surface area contributed by atoms with E-state index in [2.05, 4.69) is 46.8 Å². The van der Waals surface area contributed by atoms with Crippen LogP contribution in [0.2, 0.25) is 0 Å². The monoisotopic (exact) mass is 270 g/mol. The molecule has 2 heteroatoms. The Kier molecular flexibility index (Phi) is 7.40. The fourth-order valence-corrected chi connectivity index (χ4v) is 3.49. The van der Waals surface area contributed by atoms with E-state index in [-0.39, 0.29) is 0 Å². The lowest BCUT2D eigenvalue weighted by molar-refractivity contribution is -0.0374. The van der Waals surface area contributed by atoms with Crippen LogP contribution in [0.3, 0.4) is 0 Å². The van der Waals surface area contributed by atoms with E-state index in [1.165, 1.54) is 18.6 Å². The van der Waals surface area contributed by atoms with Crippen LogP contribution in [0.4, 0.5) is 0 Å². The minimum absolute atomic E-state index is 0.330. The van der Waals surface area contributed by atoms with Gasteiger partial charge in [0.1, 0.15) is 5.44 Å². The average molecular weight is 270 g/mol. The minimum Gasteiger partial charge on any atom is -0.364 e. The van der Waals surface area contributed by atoms with E-state index >= 15 is 0 Å². The first kappa shape index (κ1) is 16.1. The maximum absolute atomic E-state index is 6.35. The fourth-order valence-electron chi connectivity index (χ4n) is 2.62. The molecular formula is C16H30OS. The Morgan fingerprint density at radius 3 is 2.44 bits per heavy atom. The van der Waals surface area contributed by atoms with Gasteiger partial charge in [-0.15, -0.1) is 11.8 Å². The predicted molar refractivity (Wildman–Crippen MR) is 83.0 cm³/mol. The van der Waals surface area contributed by atoms with Gasteiger partial charge in [-0.2, -0.15) is 0 Å². The lowest BCUT2D eigenvalue weighted by Crippen LogP contribution is -2.34. The molecule has 0 fully saturated rings. The quantitative estimate of drug-likeness (QED) is 0.644. The Hall–Kier alpha value is 0.0500. The number of hydrogen-bond acceptors (Lipinski definition) is 2. The highest BCUT2D eigenvalue weighted by atomic mass is 32.2. The molecule has 0 bridgehead atoms. The highest BCUT2D eigenvalue weighted by molar-refractivity contribution is 7.99. The smallest absolute Gasteiger partial charge is 0.100 e. The zero-order valence-electron chi connectivity index (χ0n) is 12.7. The number of allylic oxidation sites excluding steroid dienone is 2. The van der Waals surface area contributed by atoms with Crippen molar-refractivity contribution in [3.05, 3.63) is 12.2 Å². The van der Waals surface area contributed by atoms with Crippen molar-refractivity contribution in [3.8, 4) is 0 Å². The molecule has 0 aliphatic carbocycles. The van der Waals surface area contributed by atoms with Crippen molar-refractivity contribution >= 4 is 11.8 Å². The Morgan fingerprint density at radius 1 is 1.11 bits per heavy atom. The summed E-state index contributed by atoms with van der Waals surface area (Å²) in [5.41, 5.74) is 0.330. The van der Waals surface area contributed by atoms with Crippen LogP contribution >= 0.6 is 11.8 Å². The molecule has 0 radical (unpaired) electrons. The Morgan fingerprint density at radius 2 is 1.83 bits per heavy atom. The maximum atomic E-state index is 6.35. The van der Waals surface area contributed by atoms with E-state index in [1.54, 1.807) is 0 Å². The largest absolute Gasteiger partial charge is 0.364 e. The highest BCUT2D eigenvalue weighted by Gasteiger charge is 2.28. The number of hydrogen-bond donors (Lipinski definition) is 0.